The molecule has 1 N–H and O–H groups in total. The molecule has 1 saturated heterocycles. The summed E-state index contributed by atoms with van der Waals surface area (Å²) in [6.07, 6.45) is 0.0780. The second-order valence-corrected chi connectivity index (χ2v) is 7.05. The lowest BCUT2D eigenvalue weighted by molar-refractivity contribution is -0.140. The Morgan fingerprint density at radius 2 is 1.76 bits per heavy atom. The highest BCUT2D eigenvalue weighted by molar-refractivity contribution is 8.00. The highest BCUT2D eigenvalue weighted by Crippen LogP contribution is 2.36. The quantitative estimate of drug-likeness (QED) is 0.833. The van der Waals surface area contributed by atoms with Crippen molar-refractivity contribution in [3.8, 4) is 0 Å². The Hall–Kier alpha value is -2.60. The molecule has 5 nitrogen and oxygen atoms in total. The Bertz CT molecular complexity index is 821. The third kappa shape index (κ3) is 3.44. The number of carbonyl (C=O) groups is 3. The predicted molar refractivity (Wildman–Crippen MR) is 94.4 cm³/mol. The van der Waals surface area contributed by atoms with Crippen molar-refractivity contribution in [2.75, 3.05) is 0 Å². The number of imide groups is 1. The second-order valence-electron chi connectivity index (χ2n) is 5.80. The Morgan fingerprint density at radius 1 is 1.12 bits per heavy atom. The van der Waals surface area contributed by atoms with E-state index in [1.807, 2.05) is 37.3 Å². The van der Waals surface area contributed by atoms with E-state index in [4.69, 9.17) is 0 Å². The fourth-order valence-corrected chi connectivity index (χ4v) is 4.09. The van der Waals surface area contributed by atoms with Crippen LogP contribution in [0.4, 0.5) is 0 Å². The summed E-state index contributed by atoms with van der Waals surface area (Å²) in [5, 5.41) is 8.67. The Labute approximate surface area is 149 Å². The van der Waals surface area contributed by atoms with Gasteiger partial charge in [0, 0.05) is 11.3 Å². The number of rotatable bonds is 5. The highest BCUT2D eigenvalue weighted by atomic mass is 32.2. The van der Waals surface area contributed by atoms with Crippen LogP contribution >= 0.6 is 11.8 Å². The first-order chi connectivity index (χ1) is 12.0. The van der Waals surface area contributed by atoms with Crippen molar-refractivity contribution >= 4 is 29.5 Å². The molecule has 6 heteroatoms. The van der Waals surface area contributed by atoms with Crippen LogP contribution in [0.15, 0.2) is 59.5 Å². The third-order valence-electron chi connectivity index (χ3n) is 4.20. The number of carbonyl (C=O) groups excluding carboxylic acids is 2. The van der Waals surface area contributed by atoms with Crippen LogP contribution < -0.4 is 0 Å². The Balaban J connectivity index is 1.81. The molecule has 0 aromatic heterocycles. The zero-order chi connectivity index (χ0) is 18.0. The number of hydrogen-bond donors (Lipinski definition) is 1. The minimum atomic E-state index is -1.05. The standard InChI is InChI=1S/C19H17NO4S/c1-12(13-7-3-2-4-8-13)20-17(21)11-16(18(20)22)25-15-10-6-5-9-14(15)19(23)24/h2-10,12,16H,11H2,1H3,(H,23,24). The molecular weight excluding hydrogens is 338 g/mol. The minimum absolute atomic E-state index is 0.0780. The first kappa shape index (κ1) is 17.2. The molecule has 2 atom stereocenters. The van der Waals surface area contributed by atoms with Crippen LogP contribution in [0.25, 0.3) is 0 Å². The van der Waals surface area contributed by atoms with E-state index in [2.05, 4.69) is 0 Å². The maximum atomic E-state index is 12.8. The average Bonchev–Trinajstić information content (AvgIpc) is 2.89. The van der Waals surface area contributed by atoms with E-state index >= 15 is 0 Å². The zero-order valence-electron chi connectivity index (χ0n) is 13.6. The van der Waals surface area contributed by atoms with Crippen LogP contribution in [0.5, 0.6) is 0 Å². The molecule has 128 valence electrons. The van der Waals surface area contributed by atoms with Gasteiger partial charge in [-0.1, -0.05) is 42.5 Å². The summed E-state index contributed by atoms with van der Waals surface area (Å²) in [7, 11) is 0. The number of thioether (sulfide) groups is 1. The van der Waals surface area contributed by atoms with Gasteiger partial charge in [-0.15, -0.1) is 11.8 Å². The van der Waals surface area contributed by atoms with Gasteiger partial charge in [-0.05, 0) is 24.6 Å². The molecule has 0 radical (unpaired) electrons. The molecule has 3 rings (SSSR count). The van der Waals surface area contributed by atoms with Crippen LogP contribution in [0.2, 0.25) is 0 Å². The summed E-state index contributed by atoms with van der Waals surface area (Å²) in [5.74, 6) is -1.55. The molecule has 0 saturated carbocycles. The van der Waals surface area contributed by atoms with E-state index in [1.54, 1.807) is 18.2 Å². The smallest absolute Gasteiger partial charge is 0.336 e. The minimum Gasteiger partial charge on any atom is -0.478 e. The molecular formula is C19H17NO4S. The van der Waals surface area contributed by atoms with Gasteiger partial charge in [-0.2, -0.15) is 0 Å². The SMILES string of the molecule is CC(c1ccccc1)N1C(=O)CC(Sc2ccccc2C(=O)O)C1=O. The molecule has 0 bridgehead atoms. The van der Waals surface area contributed by atoms with Gasteiger partial charge in [0.15, 0.2) is 0 Å². The maximum Gasteiger partial charge on any atom is 0.336 e. The fourth-order valence-electron chi connectivity index (χ4n) is 2.90. The number of amides is 2. The van der Waals surface area contributed by atoms with Crippen molar-refractivity contribution in [1.29, 1.82) is 0 Å². The summed E-state index contributed by atoms with van der Waals surface area (Å²) in [4.78, 5) is 38.3. The maximum absolute atomic E-state index is 12.8. The average molecular weight is 355 g/mol. The number of carboxylic acid groups (broad SMARTS) is 1. The van der Waals surface area contributed by atoms with Crippen molar-refractivity contribution in [3.63, 3.8) is 0 Å². The van der Waals surface area contributed by atoms with E-state index in [0.29, 0.717) is 4.90 Å². The van der Waals surface area contributed by atoms with Gasteiger partial charge in [0.25, 0.3) is 0 Å². The van der Waals surface area contributed by atoms with Gasteiger partial charge in [-0.25, -0.2) is 4.79 Å². The van der Waals surface area contributed by atoms with Gasteiger partial charge in [0.2, 0.25) is 11.8 Å². The van der Waals surface area contributed by atoms with Crippen LogP contribution in [-0.2, 0) is 9.59 Å². The fraction of sp³-hybridized carbons (Fsp3) is 0.211. The Morgan fingerprint density at radius 3 is 2.44 bits per heavy atom. The number of aromatic carboxylic acids is 1. The molecule has 0 spiro atoms. The zero-order valence-corrected chi connectivity index (χ0v) is 14.4. The van der Waals surface area contributed by atoms with Gasteiger partial charge < -0.3 is 5.11 Å². The van der Waals surface area contributed by atoms with E-state index in [9.17, 15) is 19.5 Å². The Kier molecular flexibility index (Phi) is 4.90. The number of hydrogen-bond acceptors (Lipinski definition) is 4. The van der Waals surface area contributed by atoms with E-state index in [1.165, 1.54) is 11.0 Å². The lowest BCUT2D eigenvalue weighted by Gasteiger charge is -2.23. The van der Waals surface area contributed by atoms with Crippen molar-refractivity contribution in [2.24, 2.45) is 0 Å². The van der Waals surface area contributed by atoms with E-state index < -0.39 is 11.2 Å². The summed E-state index contributed by atoms with van der Waals surface area (Å²) in [6, 6.07) is 15.5. The molecule has 1 heterocycles. The van der Waals surface area contributed by atoms with Gasteiger partial charge in [0.05, 0.1) is 16.9 Å². The molecule has 1 aliphatic heterocycles. The molecule has 0 aliphatic carbocycles. The van der Waals surface area contributed by atoms with E-state index in [-0.39, 0.29) is 29.8 Å². The van der Waals surface area contributed by atoms with Crippen LogP contribution in [0, 0.1) is 0 Å². The van der Waals surface area contributed by atoms with Gasteiger partial charge in [-0.3, -0.25) is 14.5 Å². The predicted octanol–water partition coefficient (Wildman–Crippen LogP) is 3.37. The van der Waals surface area contributed by atoms with Gasteiger partial charge in [0.1, 0.15) is 0 Å². The number of benzene rings is 2. The molecule has 2 aromatic rings. The lowest BCUT2D eigenvalue weighted by atomic mass is 10.1. The first-order valence-electron chi connectivity index (χ1n) is 7.89. The monoisotopic (exact) mass is 355 g/mol. The summed E-state index contributed by atoms with van der Waals surface area (Å²) in [5.41, 5.74) is 1.03. The highest BCUT2D eigenvalue weighted by Gasteiger charge is 2.42. The summed E-state index contributed by atoms with van der Waals surface area (Å²) in [6.45, 7) is 1.82. The van der Waals surface area contributed by atoms with Crippen molar-refractivity contribution in [2.45, 2.75) is 29.5 Å². The third-order valence-corrected chi connectivity index (χ3v) is 5.46. The number of carboxylic acids is 1. The van der Waals surface area contributed by atoms with Gasteiger partial charge >= 0.3 is 5.97 Å². The van der Waals surface area contributed by atoms with Crippen LogP contribution in [0.3, 0.4) is 0 Å². The molecule has 2 aromatic carbocycles. The molecule has 1 aliphatic rings. The van der Waals surface area contributed by atoms with Crippen LogP contribution in [-0.4, -0.2) is 33.0 Å². The first-order valence-corrected chi connectivity index (χ1v) is 8.77. The molecule has 1 fully saturated rings. The summed E-state index contributed by atoms with van der Waals surface area (Å²) >= 11 is 1.14. The largest absolute Gasteiger partial charge is 0.478 e. The van der Waals surface area contributed by atoms with Crippen molar-refractivity contribution in [3.05, 3.63) is 65.7 Å². The summed E-state index contributed by atoms with van der Waals surface area (Å²) < 4.78 is 0. The molecule has 2 unspecified atom stereocenters. The van der Waals surface area contributed by atoms with Crippen molar-refractivity contribution < 1.29 is 19.5 Å². The normalized spacial score (nSPS) is 18.4. The van der Waals surface area contributed by atoms with E-state index in [0.717, 1.165) is 17.3 Å². The van der Waals surface area contributed by atoms with Crippen LogP contribution in [0.1, 0.15) is 35.3 Å². The second kappa shape index (κ2) is 7.11. The lowest BCUT2D eigenvalue weighted by Crippen LogP contribution is -2.33. The topological polar surface area (TPSA) is 74.7 Å². The number of nitrogens with zero attached hydrogens (tertiary/aromatic N) is 1. The van der Waals surface area contributed by atoms with Crippen molar-refractivity contribution in [1.82, 2.24) is 4.90 Å². The molecule has 25 heavy (non-hydrogen) atoms. The number of likely N-dealkylation sites (tertiary alicyclic amines) is 1. The molecule has 2 amide bonds.